The van der Waals surface area contributed by atoms with Crippen LogP contribution in [-0.4, -0.2) is 39.6 Å². The third-order valence-electron chi connectivity index (χ3n) is 5.23. The number of rotatable bonds is 10. The van der Waals surface area contributed by atoms with Gasteiger partial charge in [0.1, 0.15) is 0 Å². The van der Waals surface area contributed by atoms with Crippen molar-refractivity contribution in [2.24, 2.45) is 5.73 Å². The van der Waals surface area contributed by atoms with Crippen LogP contribution >= 0.6 is 36.4 Å². The van der Waals surface area contributed by atoms with Crippen molar-refractivity contribution >= 4 is 57.8 Å². The highest BCUT2D eigenvalue weighted by molar-refractivity contribution is 7.91. The molecule has 0 aliphatic carbocycles. The summed E-state index contributed by atoms with van der Waals surface area (Å²) in [5.41, 5.74) is 7.64. The van der Waals surface area contributed by atoms with E-state index in [1.807, 2.05) is 6.07 Å². The van der Waals surface area contributed by atoms with Gasteiger partial charge in [-0.25, -0.2) is 8.42 Å². The number of primary amides is 1. The van der Waals surface area contributed by atoms with Gasteiger partial charge < -0.3 is 21.5 Å². The van der Waals surface area contributed by atoms with Gasteiger partial charge in [-0.15, -0.1) is 24.8 Å². The molecule has 3 rings (SSSR count). The van der Waals surface area contributed by atoms with E-state index in [0.717, 1.165) is 11.1 Å². The van der Waals surface area contributed by atoms with Crippen LogP contribution < -0.4 is 16.4 Å². The molecule has 7 nitrogen and oxygen atoms in total. The van der Waals surface area contributed by atoms with E-state index in [0.29, 0.717) is 30.2 Å². The molecule has 35 heavy (non-hydrogen) atoms. The Labute approximate surface area is 222 Å². The lowest BCUT2D eigenvalue weighted by atomic mass is 10.1. The number of amides is 1. The number of sulfone groups is 1. The Hall–Kier alpha value is -2.33. The second-order valence-electron chi connectivity index (χ2n) is 7.49. The predicted molar refractivity (Wildman–Crippen MR) is 144 cm³/mol. The monoisotopic (exact) mass is 559 g/mol. The summed E-state index contributed by atoms with van der Waals surface area (Å²) < 4.78 is 26.0. The molecule has 0 radical (unpaired) electrons. The van der Waals surface area contributed by atoms with Gasteiger partial charge in [-0.05, 0) is 66.6 Å². The summed E-state index contributed by atoms with van der Waals surface area (Å²) in [5.74, 6) is -0.709. The van der Waals surface area contributed by atoms with Crippen molar-refractivity contribution in [3.63, 3.8) is 0 Å². The molecule has 0 unspecified atom stereocenters. The largest absolute Gasteiger partial charge is 0.387 e. The van der Waals surface area contributed by atoms with E-state index in [4.69, 9.17) is 17.3 Å². The van der Waals surface area contributed by atoms with E-state index in [1.165, 1.54) is 18.2 Å². The Morgan fingerprint density at radius 2 is 1.69 bits per heavy atom. The number of aliphatic hydroxyl groups is 1. The number of hydrogen-bond acceptors (Lipinski definition) is 6. The quantitative estimate of drug-likeness (QED) is 0.278. The number of anilines is 1. The van der Waals surface area contributed by atoms with E-state index in [-0.39, 0.29) is 40.2 Å². The Kier molecular flexibility index (Phi) is 12.0. The number of nitrogens with one attached hydrogen (secondary N) is 2. The Morgan fingerprint density at radius 3 is 2.29 bits per heavy atom. The highest BCUT2D eigenvalue weighted by atomic mass is 35.5. The zero-order chi connectivity index (χ0) is 24.0. The van der Waals surface area contributed by atoms with Crippen LogP contribution in [-0.2, 0) is 16.3 Å². The number of aliphatic hydroxyl groups excluding tert-OH is 1. The summed E-state index contributed by atoms with van der Waals surface area (Å²) in [6.07, 6.45) is -0.0125. The molecule has 11 heteroatoms. The molecule has 0 heterocycles. The molecule has 0 saturated heterocycles. The van der Waals surface area contributed by atoms with Crippen LogP contribution in [0, 0.1) is 0 Å². The van der Waals surface area contributed by atoms with Gasteiger partial charge in [0.05, 0.1) is 21.5 Å². The van der Waals surface area contributed by atoms with Crippen molar-refractivity contribution < 1.29 is 18.3 Å². The molecule has 0 bridgehead atoms. The highest BCUT2D eigenvalue weighted by Gasteiger charge is 2.20. The van der Waals surface area contributed by atoms with Crippen LogP contribution in [0.15, 0.2) is 76.5 Å². The molecule has 1 amide bonds. The van der Waals surface area contributed by atoms with Crippen molar-refractivity contribution in [3.05, 3.63) is 88.4 Å². The van der Waals surface area contributed by atoms with E-state index >= 15 is 0 Å². The molecule has 3 aromatic carbocycles. The summed E-state index contributed by atoms with van der Waals surface area (Å²) in [5, 5.41) is 16.8. The second kappa shape index (κ2) is 13.7. The van der Waals surface area contributed by atoms with Gasteiger partial charge in [0, 0.05) is 24.3 Å². The molecule has 1 atom stereocenters. The fraction of sp³-hybridized carbons (Fsp3) is 0.208. The van der Waals surface area contributed by atoms with Crippen LogP contribution in [0.5, 0.6) is 0 Å². The maximum absolute atomic E-state index is 13.0. The van der Waals surface area contributed by atoms with Crippen LogP contribution in [0.25, 0.3) is 0 Å². The number of benzene rings is 3. The third kappa shape index (κ3) is 7.83. The first-order valence-corrected chi connectivity index (χ1v) is 12.2. The van der Waals surface area contributed by atoms with Crippen molar-refractivity contribution in [3.8, 4) is 0 Å². The summed E-state index contributed by atoms with van der Waals surface area (Å²) >= 11 is 5.95. The fourth-order valence-corrected chi connectivity index (χ4v) is 4.87. The van der Waals surface area contributed by atoms with Crippen LogP contribution in [0.4, 0.5) is 5.69 Å². The van der Waals surface area contributed by atoms with E-state index in [2.05, 4.69) is 10.6 Å². The highest BCUT2D eigenvalue weighted by Crippen LogP contribution is 2.25. The number of hydrogen-bond donors (Lipinski definition) is 4. The minimum atomic E-state index is -3.80. The minimum absolute atomic E-state index is 0. The zero-order valence-corrected chi connectivity index (χ0v) is 22.1. The molecule has 0 fully saturated rings. The molecular weight excluding hydrogens is 533 g/mol. The first-order chi connectivity index (χ1) is 15.7. The van der Waals surface area contributed by atoms with Crippen molar-refractivity contribution in [1.29, 1.82) is 0 Å². The molecule has 0 aliphatic rings. The van der Waals surface area contributed by atoms with Gasteiger partial charge in [-0.1, -0.05) is 35.9 Å². The van der Waals surface area contributed by atoms with Gasteiger partial charge >= 0.3 is 0 Å². The maximum Gasteiger partial charge on any atom is 0.250 e. The topological polar surface area (TPSA) is 122 Å². The van der Waals surface area contributed by atoms with Crippen LogP contribution in [0.3, 0.4) is 0 Å². The molecule has 0 saturated carbocycles. The average molecular weight is 561 g/mol. The summed E-state index contributed by atoms with van der Waals surface area (Å²) in [7, 11) is -2.18. The lowest BCUT2D eigenvalue weighted by Gasteiger charge is -2.13. The number of nitrogens with two attached hydrogens (primary N) is 1. The van der Waals surface area contributed by atoms with E-state index in [9.17, 15) is 18.3 Å². The Bertz CT molecular complexity index is 1240. The molecular formula is C24H28Cl3N3O4S. The van der Waals surface area contributed by atoms with Gasteiger partial charge in [0.15, 0.2) is 0 Å². The lowest BCUT2D eigenvalue weighted by molar-refractivity contribution is 0.100. The van der Waals surface area contributed by atoms with Gasteiger partial charge in [-0.3, -0.25) is 4.79 Å². The number of halogens is 3. The van der Waals surface area contributed by atoms with Crippen molar-refractivity contribution in [2.45, 2.75) is 22.3 Å². The van der Waals surface area contributed by atoms with Gasteiger partial charge in [0.2, 0.25) is 9.84 Å². The molecule has 5 N–H and O–H groups in total. The van der Waals surface area contributed by atoms with Gasteiger partial charge in [0.25, 0.3) is 5.91 Å². The maximum atomic E-state index is 13.0. The average Bonchev–Trinajstić information content (AvgIpc) is 2.81. The molecule has 3 aromatic rings. The smallest absolute Gasteiger partial charge is 0.250 e. The normalized spacial score (nSPS) is 11.6. The standard InChI is InChI=1S/C24H26ClN3O4S.2ClH/c1-27-22-10-9-20(14-21(22)24(26)30)33(31,32)19-7-5-16(6-8-19)11-12-28-15-23(29)17-3-2-4-18(25)13-17;;/h2-10,13-14,23,27-29H,11-12,15H2,1H3,(H2,26,30);2*1H/t23-;;/m0../s1. The first-order valence-electron chi connectivity index (χ1n) is 10.3. The summed E-state index contributed by atoms with van der Waals surface area (Å²) in [6.45, 7) is 0.981. The predicted octanol–water partition coefficient (Wildman–Crippen LogP) is 4.02. The van der Waals surface area contributed by atoms with Crippen molar-refractivity contribution in [2.75, 3.05) is 25.5 Å². The SMILES string of the molecule is CNc1ccc(S(=O)(=O)c2ccc(CCNC[C@H](O)c3cccc(Cl)c3)cc2)cc1C(N)=O.Cl.Cl. The van der Waals surface area contributed by atoms with Crippen molar-refractivity contribution in [1.82, 2.24) is 5.32 Å². The fourth-order valence-electron chi connectivity index (χ4n) is 3.39. The first kappa shape index (κ1) is 30.7. The molecule has 0 aliphatic heterocycles. The molecule has 0 aromatic heterocycles. The second-order valence-corrected chi connectivity index (χ2v) is 9.88. The van der Waals surface area contributed by atoms with E-state index < -0.39 is 21.8 Å². The Balaban J connectivity index is 0.00000306. The molecule has 190 valence electrons. The number of carbonyl (C=O) groups is 1. The summed E-state index contributed by atoms with van der Waals surface area (Å²) in [4.78, 5) is 11.8. The third-order valence-corrected chi connectivity index (χ3v) is 7.23. The van der Waals surface area contributed by atoms with Gasteiger partial charge in [-0.2, -0.15) is 0 Å². The zero-order valence-electron chi connectivity index (χ0n) is 18.9. The minimum Gasteiger partial charge on any atom is -0.387 e. The van der Waals surface area contributed by atoms with Crippen LogP contribution in [0.2, 0.25) is 5.02 Å². The van der Waals surface area contributed by atoms with Crippen LogP contribution in [0.1, 0.15) is 27.6 Å². The van der Waals surface area contributed by atoms with E-state index in [1.54, 1.807) is 49.5 Å². The summed E-state index contributed by atoms with van der Waals surface area (Å²) in [6, 6.07) is 17.9. The molecule has 0 spiro atoms. The lowest BCUT2D eigenvalue weighted by Crippen LogP contribution is -2.23. The number of carbonyl (C=O) groups excluding carboxylic acids is 1. The Morgan fingerprint density at radius 1 is 1.03 bits per heavy atom.